The molecular formula is C30H30N4O3. The van der Waals surface area contributed by atoms with Crippen LogP contribution in [0.25, 0.3) is 10.9 Å². The third kappa shape index (κ3) is 5.09. The number of hydrogen-bond donors (Lipinski definition) is 2. The molecule has 1 aromatic heterocycles. The molecule has 37 heavy (non-hydrogen) atoms. The van der Waals surface area contributed by atoms with Gasteiger partial charge in [0.15, 0.2) is 5.60 Å². The second-order valence-electron chi connectivity index (χ2n) is 9.34. The van der Waals surface area contributed by atoms with Gasteiger partial charge in [0.1, 0.15) is 5.82 Å². The van der Waals surface area contributed by atoms with Gasteiger partial charge in [-0.15, -0.1) is 0 Å². The van der Waals surface area contributed by atoms with Crippen molar-refractivity contribution in [1.82, 2.24) is 10.4 Å². The number of anilines is 1. The maximum absolute atomic E-state index is 13.6. The summed E-state index contributed by atoms with van der Waals surface area (Å²) in [5, 5.41) is 17.1. The number of amides is 1. The lowest BCUT2D eigenvalue weighted by molar-refractivity contribution is -0.136. The average Bonchev–Trinajstić information content (AvgIpc) is 2.92. The highest BCUT2D eigenvalue weighted by Gasteiger charge is 2.40. The summed E-state index contributed by atoms with van der Waals surface area (Å²) in [7, 11) is 0. The molecule has 0 aliphatic carbocycles. The Balaban J connectivity index is 1.49. The van der Waals surface area contributed by atoms with E-state index in [1.165, 1.54) is 0 Å². The zero-order valence-corrected chi connectivity index (χ0v) is 21.0. The monoisotopic (exact) mass is 494 g/mol. The topological polar surface area (TPSA) is 87.0 Å². The van der Waals surface area contributed by atoms with E-state index in [2.05, 4.69) is 15.4 Å². The summed E-state index contributed by atoms with van der Waals surface area (Å²) in [6.07, 6.45) is 1.59. The Hall–Kier alpha value is -4.07. The molecule has 7 nitrogen and oxygen atoms in total. The van der Waals surface area contributed by atoms with Crippen LogP contribution in [0.15, 0.2) is 84.0 Å². The van der Waals surface area contributed by atoms with Crippen LogP contribution in [0.1, 0.15) is 27.8 Å². The van der Waals surface area contributed by atoms with Gasteiger partial charge in [0, 0.05) is 24.0 Å². The number of morpholine rings is 1. The molecule has 1 amide bonds. The van der Waals surface area contributed by atoms with Crippen LogP contribution < -0.4 is 10.3 Å². The third-order valence-corrected chi connectivity index (χ3v) is 6.61. The number of fused-ring (bicyclic) bond motifs is 1. The number of aromatic nitrogens is 1. The van der Waals surface area contributed by atoms with Crippen molar-refractivity contribution in [2.24, 2.45) is 5.10 Å². The molecule has 0 unspecified atom stereocenters. The molecule has 1 saturated heterocycles. The van der Waals surface area contributed by atoms with Gasteiger partial charge in [-0.1, -0.05) is 77.9 Å². The first-order chi connectivity index (χ1) is 17.9. The highest BCUT2D eigenvalue weighted by molar-refractivity contribution is 5.95. The Labute approximate surface area is 216 Å². The quantitative estimate of drug-likeness (QED) is 0.312. The van der Waals surface area contributed by atoms with Crippen LogP contribution in [0.5, 0.6) is 0 Å². The molecule has 4 aromatic rings. The lowest BCUT2D eigenvalue weighted by Gasteiger charge is -2.29. The molecule has 0 spiro atoms. The number of nitrogens with one attached hydrogen (secondary N) is 1. The van der Waals surface area contributed by atoms with Gasteiger partial charge in [-0.25, -0.2) is 10.4 Å². The van der Waals surface area contributed by atoms with Gasteiger partial charge in [0.25, 0.3) is 5.91 Å². The Morgan fingerprint density at radius 2 is 1.62 bits per heavy atom. The molecule has 1 aliphatic rings. The maximum Gasteiger partial charge on any atom is 0.281 e. The molecule has 7 heteroatoms. The van der Waals surface area contributed by atoms with E-state index in [4.69, 9.17) is 9.72 Å². The van der Waals surface area contributed by atoms with Crippen LogP contribution in [0.2, 0.25) is 0 Å². The predicted molar refractivity (Wildman–Crippen MR) is 146 cm³/mol. The van der Waals surface area contributed by atoms with Crippen molar-refractivity contribution in [3.05, 3.63) is 107 Å². The number of carbonyl (C=O) groups is 1. The Morgan fingerprint density at radius 3 is 2.27 bits per heavy atom. The van der Waals surface area contributed by atoms with Crippen molar-refractivity contribution in [2.75, 3.05) is 31.2 Å². The summed E-state index contributed by atoms with van der Waals surface area (Å²) in [6, 6.07) is 24.6. The molecule has 5 rings (SSSR count). The first-order valence-electron chi connectivity index (χ1n) is 12.4. The van der Waals surface area contributed by atoms with Crippen LogP contribution in [-0.4, -0.2) is 48.5 Å². The van der Waals surface area contributed by atoms with Gasteiger partial charge in [-0.3, -0.25) is 4.79 Å². The van der Waals surface area contributed by atoms with E-state index in [-0.39, 0.29) is 0 Å². The summed E-state index contributed by atoms with van der Waals surface area (Å²) in [6.45, 7) is 6.55. The normalized spacial score (nSPS) is 14.3. The largest absolute Gasteiger partial charge is 0.378 e. The number of aryl methyl sites for hydroxylation is 2. The third-order valence-electron chi connectivity index (χ3n) is 6.61. The Bertz CT molecular complexity index is 1410. The number of nitrogens with zero attached hydrogens (tertiary/aromatic N) is 3. The van der Waals surface area contributed by atoms with Crippen molar-refractivity contribution < 1.29 is 14.6 Å². The Morgan fingerprint density at radius 1 is 0.973 bits per heavy atom. The van der Waals surface area contributed by atoms with Crippen LogP contribution >= 0.6 is 0 Å². The van der Waals surface area contributed by atoms with Crippen molar-refractivity contribution in [3.8, 4) is 0 Å². The first-order valence-corrected chi connectivity index (χ1v) is 12.4. The molecular weight excluding hydrogens is 464 g/mol. The molecule has 2 N–H and O–H groups in total. The van der Waals surface area contributed by atoms with Gasteiger partial charge in [-0.05, 0) is 37.1 Å². The molecule has 2 heterocycles. The lowest BCUT2D eigenvalue weighted by atomic mass is 9.84. The van der Waals surface area contributed by atoms with Crippen LogP contribution in [0, 0.1) is 13.8 Å². The average molecular weight is 495 g/mol. The fourth-order valence-electron chi connectivity index (χ4n) is 4.66. The van der Waals surface area contributed by atoms with E-state index >= 15 is 0 Å². The fraction of sp³-hybridized carbons (Fsp3) is 0.233. The number of hydrogen-bond acceptors (Lipinski definition) is 6. The smallest absolute Gasteiger partial charge is 0.281 e. The first kappa shape index (κ1) is 24.6. The van der Waals surface area contributed by atoms with Crippen LogP contribution in [0.3, 0.4) is 0 Å². The number of para-hydroxylation sites is 1. The number of hydrazone groups is 1. The number of ether oxygens (including phenoxy) is 1. The van der Waals surface area contributed by atoms with E-state index in [9.17, 15) is 9.90 Å². The van der Waals surface area contributed by atoms with E-state index in [1.54, 1.807) is 18.3 Å². The second-order valence-corrected chi connectivity index (χ2v) is 9.34. The molecule has 0 saturated carbocycles. The number of carbonyl (C=O) groups excluding carboxylic acids is 1. The summed E-state index contributed by atoms with van der Waals surface area (Å²) in [5.74, 6) is 0.147. The van der Waals surface area contributed by atoms with Gasteiger partial charge in [-0.2, -0.15) is 5.10 Å². The van der Waals surface area contributed by atoms with Crippen LogP contribution in [-0.2, 0) is 15.1 Å². The highest BCUT2D eigenvalue weighted by Crippen LogP contribution is 2.31. The standard InChI is InChI=1S/C30H30N4O3/c1-21-7-5-10-25(17-21)30(36,26-11-6-8-22(2)18-26)29(35)33-31-20-24-19-23-9-3-4-12-27(23)32-28(24)34-13-15-37-16-14-34/h3-12,17-20,36H,13-16H2,1-2H3,(H,33,35)/b31-20+. The van der Waals surface area contributed by atoms with E-state index in [0.717, 1.165) is 46.5 Å². The van der Waals surface area contributed by atoms with Gasteiger partial charge < -0.3 is 14.7 Å². The molecule has 0 radical (unpaired) electrons. The summed E-state index contributed by atoms with van der Waals surface area (Å²) in [4.78, 5) is 20.6. The van der Waals surface area contributed by atoms with Crippen molar-refractivity contribution in [3.63, 3.8) is 0 Å². The fourth-order valence-corrected chi connectivity index (χ4v) is 4.66. The van der Waals surface area contributed by atoms with Crippen LogP contribution in [0.4, 0.5) is 5.82 Å². The highest BCUT2D eigenvalue weighted by atomic mass is 16.5. The van der Waals surface area contributed by atoms with Crippen molar-refractivity contribution >= 4 is 28.8 Å². The van der Waals surface area contributed by atoms with Gasteiger partial charge in [0.05, 0.1) is 24.9 Å². The molecule has 0 atom stereocenters. The van der Waals surface area contributed by atoms with Crippen molar-refractivity contribution in [2.45, 2.75) is 19.4 Å². The molecule has 188 valence electrons. The molecule has 3 aromatic carbocycles. The van der Waals surface area contributed by atoms with E-state index < -0.39 is 11.5 Å². The summed E-state index contributed by atoms with van der Waals surface area (Å²) >= 11 is 0. The minimum absolute atomic E-state index is 0.479. The molecule has 1 aliphatic heterocycles. The van der Waals surface area contributed by atoms with E-state index in [0.29, 0.717) is 24.3 Å². The summed E-state index contributed by atoms with van der Waals surface area (Å²) in [5.41, 5.74) is 5.19. The van der Waals surface area contributed by atoms with E-state index in [1.807, 2.05) is 80.6 Å². The van der Waals surface area contributed by atoms with Crippen molar-refractivity contribution in [1.29, 1.82) is 0 Å². The zero-order chi connectivity index (χ0) is 25.8. The second kappa shape index (κ2) is 10.5. The Kier molecular flexibility index (Phi) is 6.99. The van der Waals surface area contributed by atoms with Gasteiger partial charge >= 0.3 is 0 Å². The number of pyridine rings is 1. The molecule has 1 fully saturated rings. The predicted octanol–water partition coefficient (Wildman–Crippen LogP) is 4.07. The zero-order valence-electron chi connectivity index (χ0n) is 21.0. The number of aliphatic hydroxyl groups is 1. The lowest BCUT2D eigenvalue weighted by Crippen LogP contribution is -2.43. The minimum atomic E-state index is -1.91. The minimum Gasteiger partial charge on any atom is -0.378 e. The SMILES string of the molecule is Cc1cccc(C(O)(C(=O)N/N=C/c2cc3ccccc3nc2N2CCOCC2)c2cccc(C)c2)c1. The van der Waals surface area contributed by atoms with Gasteiger partial charge in [0.2, 0.25) is 0 Å². The summed E-state index contributed by atoms with van der Waals surface area (Å²) < 4.78 is 5.51. The maximum atomic E-state index is 13.6. The number of benzene rings is 3. The number of rotatable bonds is 6. The molecule has 0 bridgehead atoms.